The highest BCUT2D eigenvalue weighted by atomic mass is 16.4. The molecule has 3 N–H and O–H groups in total. The molecule has 3 rings (SSSR count). The summed E-state index contributed by atoms with van der Waals surface area (Å²) in [5, 5.41) is 29.9. The number of phenols is 2. The van der Waals surface area contributed by atoms with Crippen molar-refractivity contribution in [2.24, 2.45) is 0 Å². The first-order valence-corrected chi connectivity index (χ1v) is 7.27. The summed E-state index contributed by atoms with van der Waals surface area (Å²) in [6.07, 6.45) is -0.778. The second kappa shape index (κ2) is 5.49. The van der Waals surface area contributed by atoms with Gasteiger partial charge in [0.2, 0.25) is 0 Å². The zero-order valence-electron chi connectivity index (χ0n) is 12.8. The Morgan fingerprint density at radius 2 is 1.92 bits per heavy atom. The number of ketones is 2. The Kier molecular flexibility index (Phi) is 3.60. The molecule has 0 bridgehead atoms. The fourth-order valence-electron chi connectivity index (χ4n) is 3.16. The number of carboxylic acids is 1. The number of rotatable bonds is 3. The minimum Gasteiger partial charge on any atom is -0.507 e. The number of benzene rings is 2. The van der Waals surface area contributed by atoms with E-state index in [0.29, 0.717) is 11.0 Å². The zero-order valence-corrected chi connectivity index (χ0v) is 12.8. The van der Waals surface area contributed by atoms with E-state index in [1.54, 1.807) is 19.1 Å². The third-order valence-corrected chi connectivity index (χ3v) is 4.11. The molecule has 1 aliphatic carbocycles. The van der Waals surface area contributed by atoms with Crippen LogP contribution >= 0.6 is 0 Å². The van der Waals surface area contributed by atoms with Crippen LogP contribution in [0.25, 0.3) is 16.3 Å². The van der Waals surface area contributed by atoms with E-state index in [9.17, 15) is 24.6 Å². The molecule has 6 heteroatoms. The van der Waals surface area contributed by atoms with Crippen LogP contribution in [-0.2, 0) is 9.59 Å². The van der Waals surface area contributed by atoms with E-state index in [1.807, 2.05) is 0 Å². The predicted molar refractivity (Wildman–Crippen MR) is 86.1 cm³/mol. The van der Waals surface area contributed by atoms with E-state index >= 15 is 0 Å². The summed E-state index contributed by atoms with van der Waals surface area (Å²) in [5.41, 5.74) is 0.777. The summed E-state index contributed by atoms with van der Waals surface area (Å²) in [7, 11) is 0. The molecule has 0 saturated heterocycles. The van der Waals surface area contributed by atoms with Crippen LogP contribution in [0.3, 0.4) is 0 Å². The van der Waals surface area contributed by atoms with Crippen molar-refractivity contribution in [2.45, 2.75) is 19.8 Å². The predicted octanol–water partition coefficient (Wildman–Crippen LogP) is 2.65. The Hall–Kier alpha value is -3.15. The molecule has 0 unspecified atom stereocenters. The van der Waals surface area contributed by atoms with Crippen LogP contribution in [0.4, 0.5) is 0 Å². The summed E-state index contributed by atoms with van der Waals surface area (Å²) in [5.74, 6) is -2.82. The lowest BCUT2D eigenvalue weighted by molar-refractivity contribution is -0.139. The van der Waals surface area contributed by atoms with Gasteiger partial charge in [0.05, 0.1) is 10.9 Å². The van der Waals surface area contributed by atoms with Gasteiger partial charge in [-0.1, -0.05) is 17.7 Å². The van der Waals surface area contributed by atoms with Crippen LogP contribution in [0.15, 0.2) is 29.8 Å². The van der Waals surface area contributed by atoms with Crippen molar-refractivity contribution >= 4 is 33.9 Å². The van der Waals surface area contributed by atoms with Gasteiger partial charge in [0.25, 0.3) is 0 Å². The molecule has 0 aliphatic heterocycles. The molecule has 2 aromatic rings. The molecular weight excluding hydrogens is 312 g/mol. The number of carbonyl (C=O) groups excluding carboxylic acids is 2. The summed E-state index contributed by atoms with van der Waals surface area (Å²) < 4.78 is 0. The van der Waals surface area contributed by atoms with Gasteiger partial charge in [-0.2, -0.15) is 0 Å². The number of hydrogen-bond acceptors (Lipinski definition) is 5. The normalized spacial score (nSPS) is 14.0. The summed E-state index contributed by atoms with van der Waals surface area (Å²) in [6.45, 7) is 1.60. The minimum atomic E-state index is -1.26. The minimum absolute atomic E-state index is 0.0525. The fraction of sp³-hybridized carbons (Fsp3) is 0.167. The van der Waals surface area contributed by atoms with Gasteiger partial charge in [0.15, 0.2) is 11.6 Å². The van der Waals surface area contributed by atoms with Gasteiger partial charge >= 0.3 is 5.97 Å². The molecule has 0 heterocycles. The van der Waals surface area contributed by atoms with Gasteiger partial charge in [-0.3, -0.25) is 14.4 Å². The van der Waals surface area contributed by atoms with Gasteiger partial charge in [-0.25, -0.2) is 0 Å². The molecule has 0 aromatic heterocycles. The first kappa shape index (κ1) is 15.7. The number of carboxylic acid groups (broad SMARTS) is 1. The highest BCUT2D eigenvalue weighted by Gasteiger charge is 2.31. The molecular formula is C18H14O6. The lowest BCUT2D eigenvalue weighted by Gasteiger charge is -2.22. The number of allylic oxidation sites excluding steroid dienone is 2. The molecule has 24 heavy (non-hydrogen) atoms. The summed E-state index contributed by atoms with van der Waals surface area (Å²) >= 11 is 0. The average Bonchev–Trinajstić information content (AvgIpc) is 2.45. The van der Waals surface area contributed by atoms with Gasteiger partial charge in [-0.05, 0) is 24.4 Å². The van der Waals surface area contributed by atoms with Crippen LogP contribution in [-0.4, -0.2) is 32.9 Å². The lowest BCUT2D eigenvalue weighted by atomic mass is 9.81. The number of fused-ring (bicyclic) bond motifs is 2. The van der Waals surface area contributed by atoms with Crippen molar-refractivity contribution in [1.82, 2.24) is 0 Å². The average molecular weight is 326 g/mol. The first-order valence-electron chi connectivity index (χ1n) is 7.27. The van der Waals surface area contributed by atoms with E-state index in [-0.39, 0.29) is 40.0 Å². The van der Waals surface area contributed by atoms with Crippen LogP contribution in [0.5, 0.6) is 11.5 Å². The zero-order chi connectivity index (χ0) is 17.6. The molecule has 1 aliphatic rings. The highest BCUT2D eigenvalue weighted by molar-refractivity contribution is 6.30. The second-order valence-corrected chi connectivity index (χ2v) is 5.77. The van der Waals surface area contributed by atoms with Gasteiger partial charge in [0.1, 0.15) is 17.9 Å². The van der Waals surface area contributed by atoms with E-state index in [1.165, 1.54) is 12.1 Å². The molecule has 2 aromatic carbocycles. The number of Topliss-reactive ketones (excluding diaryl/α,β-unsaturated/α-hetero) is 2. The SMILES string of the molecule is CC1=C(C(=O)CC(=O)O)c2cc3cccc(O)c3c(O)c2C(=O)C1. The highest BCUT2D eigenvalue weighted by Crippen LogP contribution is 2.43. The first-order chi connectivity index (χ1) is 11.3. The lowest BCUT2D eigenvalue weighted by Crippen LogP contribution is -2.18. The topological polar surface area (TPSA) is 112 Å². The van der Waals surface area contributed by atoms with Crippen molar-refractivity contribution in [3.63, 3.8) is 0 Å². The second-order valence-electron chi connectivity index (χ2n) is 5.77. The Labute approximate surface area is 136 Å². The molecule has 122 valence electrons. The van der Waals surface area contributed by atoms with E-state index in [4.69, 9.17) is 5.11 Å². The molecule has 0 amide bonds. The van der Waals surface area contributed by atoms with Gasteiger partial charge < -0.3 is 15.3 Å². The molecule has 0 radical (unpaired) electrons. The largest absolute Gasteiger partial charge is 0.507 e. The standard InChI is InChI=1S/C18H14O6/c1-8-5-12(20)17-10(15(8)13(21)7-14(22)23)6-9-3-2-4-11(19)16(9)18(17)24/h2-4,6,19,24H,5,7H2,1H3,(H,22,23). The maximum atomic E-state index is 12.4. The van der Waals surface area contributed by atoms with E-state index < -0.39 is 23.9 Å². The van der Waals surface area contributed by atoms with Crippen LogP contribution in [0.1, 0.15) is 35.7 Å². The van der Waals surface area contributed by atoms with E-state index in [2.05, 4.69) is 0 Å². The smallest absolute Gasteiger partial charge is 0.311 e. The van der Waals surface area contributed by atoms with Crippen molar-refractivity contribution < 1.29 is 29.7 Å². The Morgan fingerprint density at radius 3 is 2.58 bits per heavy atom. The summed E-state index contributed by atoms with van der Waals surface area (Å²) in [4.78, 5) is 35.5. The Bertz CT molecular complexity index is 952. The number of aliphatic carboxylic acids is 1. The summed E-state index contributed by atoms with van der Waals surface area (Å²) in [6, 6.07) is 6.12. The monoisotopic (exact) mass is 326 g/mol. The van der Waals surface area contributed by atoms with Crippen molar-refractivity contribution in [1.29, 1.82) is 0 Å². The van der Waals surface area contributed by atoms with E-state index in [0.717, 1.165) is 0 Å². The van der Waals surface area contributed by atoms with Crippen molar-refractivity contribution in [3.8, 4) is 11.5 Å². The fourth-order valence-corrected chi connectivity index (χ4v) is 3.16. The van der Waals surface area contributed by atoms with Gasteiger partial charge in [-0.15, -0.1) is 0 Å². The van der Waals surface area contributed by atoms with Crippen LogP contribution in [0, 0.1) is 0 Å². The quantitative estimate of drug-likeness (QED) is 0.748. The third-order valence-electron chi connectivity index (χ3n) is 4.11. The van der Waals surface area contributed by atoms with Crippen molar-refractivity contribution in [3.05, 3.63) is 41.0 Å². The number of aromatic hydroxyl groups is 2. The van der Waals surface area contributed by atoms with Gasteiger partial charge in [0, 0.05) is 17.6 Å². The Balaban J connectivity index is 2.34. The number of carbonyl (C=O) groups is 3. The van der Waals surface area contributed by atoms with Crippen LogP contribution < -0.4 is 0 Å². The maximum absolute atomic E-state index is 12.4. The maximum Gasteiger partial charge on any atom is 0.311 e. The molecule has 0 atom stereocenters. The van der Waals surface area contributed by atoms with Crippen molar-refractivity contribution in [2.75, 3.05) is 0 Å². The molecule has 0 saturated carbocycles. The third kappa shape index (κ3) is 2.32. The molecule has 0 fully saturated rings. The number of hydrogen-bond donors (Lipinski definition) is 3. The molecule has 0 spiro atoms. The Morgan fingerprint density at radius 1 is 1.21 bits per heavy atom. The molecule has 6 nitrogen and oxygen atoms in total. The van der Waals surface area contributed by atoms with Crippen LogP contribution in [0.2, 0.25) is 0 Å². The number of phenolic OH excluding ortho intramolecular Hbond substituents is 2.